The molecule has 3 N–H and O–H groups in total. The fourth-order valence-electron chi connectivity index (χ4n) is 2.34. The topological polar surface area (TPSA) is 72.9 Å². The molecule has 0 aliphatic heterocycles. The molecule has 3 aromatic rings. The van der Waals surface area contributed by atoms with E-state index in [4.69, 9.17) is 17.4 Å². The molecule has 0 unspecified atom stereocenters. The normalized spacial score (nSPS) is 10.6. The highest BCUT2D eigenvalue weighted by Gasteiger charge is 2.15. The Morgan fingerprint density at radius 2 is 1.83 bits per heavy atom. The molecule has 5 nitrogen and oxygen atoms in total. The predicted molar refractivity (Wildman–Crippen MR) is 97.6 cm³/mol. The Labute approximate surface area is 152 Å². The zero-order valence-electron chi connectivity index (χ0n) is 12.5. The third kappa shape index (κ3) is 3.67. The third-order valence-corrected chi connectivity index (χ3v) is 4.31. The number of nitrogen functional groups attached to an aromatic ring is 1. The molecule has 0 fully saturated rings. The van der Waals surface area contributed by atoms with Gasteiger partial charge in [0.1, 0.15) is 0 Å². The number of nitrogens with zero attached hydrogens (tertiary/aromatic N) is 2. The summed E-state index contributed by atoms with van der Waals surface area (Å²) in [6, 6.07) is 17.0. The van der Waals surface area contributed by atoms with Gasteiger partial charge in [-0.15, -0.1) is 0 Å². The number of hydrogen-bond donors (Lipinski definition) is 2. The van der Waals surface area contributed by atoms with E-state index in [1.54, 1.807) is 10.7 Å². The van der Waals surface area contributed by atoms with E-state index >= 15 is 0 Å². The minimum atomic E-state index is -0.428. The summed E-state index contributed by atoms with van der Waals surface area (Å²) in [5, 5.41) is 5.05. The van der Waals surface area contributed by atoms with Crippen LogP contribution in [0.3, 0.4) is 0 Å². The summed E-state index contributed by atoms with van der Waals surface area (Å²) in [5.74, 6) is 4.79. The van der Waals surface area contributed by atoms with Gasteiger partial charge in [0, 0.05) is 9.50 Å². The first-order valence-electron chi connectivity index (χ1n) is 7.16. The Morgan fingerprint density at radius 1 is 1.17 bits per heavy atom. The van der Waals surface area contributed by atoms with Crippen LogP contribution in [0, 0.1) is 0 Å². The monoisotopic (exact) mass is 404 g/mol. The van der Waals surface area contributed by atoms with Crippen molar-refractivity contribution >= 4 is 33.4 Å². The number of hydrogen-bond acceptors (Lipinski definition) is 3. The van der Waals surface area contributed by atoms with Crippen LogP contribution in [-0.2, 0) is 6.54 Å². The van der Waals surface area contributed by atoms with Crippen LogP contribution in [0.4, 0.5) is 0 Å². The van der Waals surface area contributed by atoms with Gasteiger partial charge in [0.15, 0.2) is 5.69 Å². The maximum absolute atomic E-state index is 11.8. The first-order chi connectivity index (χ1) is 11.6. The van der Waals surface area contributed by atoms with Crippen LogP contribution in [0.25, 0.3) is 11.3 Å². The van der Waals surface area contributed by atoms with Gasteiger partial charge in [-0.05, 0) is 41.5 Å². The van der Waals surface area contributed by atoms with Crippen LogP contribution in [0.5, 0.6) is 0 Å². The number of nitrogens with one attached hydrogen (secondary N) is 1. The van der Waals surface area contributed by atoms with E-state index in [0.717, 1.165) is 21.3 Å². The highest BCUT2D eigenvalue weighted by molar-refractivity contribution is 9.10. The van der Waals surface area contributed by atoms with E-state index in [2.05, 4.69) is 26.5 Å². The summed E-state index contributed by atoms with van der Waals surface area (Å²) in [4.78, 5) is 11.8. The maximum atomic E-state index is 11.8. The average molecular weight is 406 g/mol. The largest absolute Gasteiger partial charge is 0.289 e. The molecule has 2 aromatic carbocycles. The lowest BCUT2D eigenvalue weighted by Crippen LogP contribution is -2.30. The van der Waals surface area contributed by atoms with Gasteiger partial charge in [-0.25, -0.2) is 5.84 Å². The summed E-state index contributed by atoms with van der Waals surface area (Å²) in [7, 11) is 0. The van der Waals surface area contributed by atoms with Crippen LogP contribution >= 0.6 is 27.5 Å². The fraction of sp³-hybridized carbons (Fsp3) is 0.0588. The number of hydrazine groups is 1. The standard InChI is InChI=1S/C17H14BrClN4O/c18-13-5-3-12(4-6-13)16-9-15(17(24)21-20)22-23(16)10-11-1-7-14(19)8-2-11/h1-9H,10,20H2,(H,21,24). The van der Waals surface area contributed by atoms with E-state index in [-0.39, 0.29) is 5.69 Å². The summed E-state index contributed by atoms with van der Waals surface area (Å²) >= 11 is 9.35. The first-order valence-corrected chi connectivity index (χ1v) is 8.33. The van der Waals surface area contributed by atoms with Gasteiger partial charge in [0.2, 0.25) is 0 Å². The highest BCUT2D eigenvalue weighted by Crippen LogP contribution is 2.24. The number of carbonyl (C=O) groups excluding carboxylic acids is 1. The van der Waals surface area contributed by atoms with Crippen molar-refractivity contribution in [1.29, 1.82) is 0 Å². The maximum Gasteiger partial charge on any atom is 0.285 e. The predicted octanol–water partition coefficient (Wildman–Crippen LogP) is 3.62. The summed E-state index contributed by atoms with van der Waals surface area (Å²) < 4.78 is 2.76. The van der Waals surface area contributed by atoms with E-state index in [0.29, 0.717) is 11.6 Å². The van der Waals surface area contributed by atoms with E-state index in [9.17, 15) is 4.79 Å². The van der Waals surface area contributed by atoms with E-state index in [1.165, 1.54) is 0 Å². The molecule has 24 heavy (non-hydrogen) atoms. The van der Waals surface area contributed by atoms with Crippen molar-refractivity contribution in [2.75, 3.05) is 0 Å². The second-order valence-electron chi connectivity index (χ2n) is 5.18. The Kier molecular flexibility index (Phi) is 4.99. The Balaban J connectivity index is 2.02. The minimum Gasteiger partial charge on any atom is -0.289 e. The molecule has 1 aromatic heterocycles. The molecule has 7 heteroatoms. The van der Waals surface area contributed by atoms with Crippen molar-refractivity contribution in [3.8, 4) is 11.3 Å². The second kappa shape index (κ2) is 7.17. The molecular weight excluding hydrogens is 392 g/mol. The molecule has 3 rings (SSSR count). The smallest absolute Gasteiger partial charge is 0.285 e. The number of nitrogens with two attached hydrogens (primary N) is 1. The van der Waals surface area contributed by atoms with Crippen molar-refractivity contribution in [1.82, 2.24) is 15.2 Å². The number of carbonyl (C=O) groups is 1. The van der Waals surface area contributed by atoms with Gasteiger partial charge in [-0.3, -0.25) is 14.9 Å². The molecule has 0 atom stereocenters. The molecule has 1 heterocycles. The molecule has 0 radical (unpaired) electrons. The van der Waals surface area contributed by atoms with Crippen molar-refractivity contribution in [2.45, 2.75) is 6.54 Å². The van der Waals surface area contributed by atoms with Crippen molar-refractivity contribution < 1.29 is 4.79 Å². The fourth-order valence-corrected chi connectivity index (χ4v) is 2.73. The molecule has 0 aliphatic rings. The van der Waals surface area contributed by atoms with Gasteiger partial charge in [0.05, 0.1) is 12.2 Å². The lowest BCUT2D eigenvalue weighted by Gasteiger charge is -2.08. The molecule has 0 saturated carbocycles. The molecule has 0 saturated heterocycles. The molecule has 122 valence electrons. The van der Waals surface area contributed by atoms with Crippen LogP contribution < -0.4 is 11.3 Å². The SMILES string of the molecule is NNC(=O)c1cc(-c2ccc(Br)cc2)n(Cc2ccc(Cl)cc2)n1. The average Bonchev–Trinajstić information content (AvgIpc) is 3.01. The number of rotatable bonds is 4. The summed E-state index contributed by atoms with van der Waals surface area (Å²) in [6.07, 6.45) is 0. The van der Waals surface area contributed by atoms with E-state index in [1.807, 2.05) is 48.5 Å². The molecule has 0 aliphatic carbocycles. The highest BCUT2D eigenvalue weighted by atomic mass is 79.9. The number of aromatic nitrogens is 2. The Bertz CT molecular complexity index is 859. The summed E-state index contributed by atoms with van der Waals surface area (Å²) in [5.41, 5.74) is 5.19. The molecule has 1 amide bonds. The number of benzene rings is 2. The molecule has 0 spiro atoms. The second-order valence-corrected chi connectivity index (χ2v) is 6.53. The lowest BCUT2D eigenvalue weighted by atomic mass is 10.1. The van der Waals surface area contributed by atoms with Gasteiger partial charge in [-0.2, -0.15) is 5.10 Å². The van der Waals surface area contributed by atoms with Gasteiger partial charge in [0.25, 0.3) is 5.91 Å². The van der Waals surface area contributed by atoms with Crippen LogP contribution in [0.2, 0.25) is 5.02 Å². The Hall–Kier alpha value is -2.15. The minimum absolute atomic E-state index is 0.268. The lowest BCUT2D eigenvalue weighted by molar-refractivity contribution is 0.0948. The van der Waals surface area contributed by atoms with Gasteiger partial charge < -0.3 is 0 Å². The zero-order valence-corrected chi connectivity index (χ0v) is 14.9. The first kappa shape index (κ1) is 16.7. The quantitative estimate of drug-likeness (QED) is 0.395. The Morgan fingerprint density at radius 3 is 2.46 bits per heavy atom. The van der Waals surface area contributed by atoms with E-state index < -0.39 is 5.91 Å². The third-order valence-electron chi connectivity index (χ3n) is 3.53. The number of halogens is 2. The van der Waals surface area contributed by atoms with Gasteiger partial charge >= 0.3 is 0 Å². The van der Waals surface area contributed by atoms with Gasteiger partial charge in [-0.1, -0.05) is 51.8 Å². The van der Waals surface area contributed by atoms with Crippen LogP contribution in [0.1, 0.15) is 16.1 Å². The summed E-state index contributed by atoms with van der Waals surface area (Å²) in [6.45, 7) is 0.514. The van der Waals surface area contributed by atoms with Crippen molar-refractivity contribution in [3.63, 3.8) is 0 Å². The molecule has 0 bridgehead atoms. The van der Waals surface area contributed by atoms with Crippen molar-refractivity contribution in [2.24, 2.45) is 5.84 Å². The molecular formula is C17H14BrClN4O. The van der Waals surface area contributed by atoms with Crippen LogP contribution in [0.15, 0.2) is 59.1 Å². The zero-order chi connectivity index (χ0) is 17.1. The van der Waals surface area contributed by atoms with Crippen molar-refractivity contribution in [3.05, 3.63) is 75.4 Å². The van der Waals surface area contributed by atoms with Crippen LogP contribution in [-0.4, -0.2) is 15.7 Å². The number of amides is 1.